The lowest BCUT2D eigenvalue weighted by molar-refractivity contribution is 0.352. The van der Waals surface area contributed by atoms with E-state index in [0.29, 0.717) is 22.1 Å². The fourth-order valence-electron chi connectivity index (χ4n) is 1.23. The molecule has 0 radical (unpaired) electrons. The van der Waals surface area contributed by atoms with Crippen molar-refractivity contribution >= 4 is 11.6 Å². The zero-order valence-electron chi connectivity index (χ0n) is 8.22. The first-order valence-electron chi connectivity index (χ1n) is 3.96. The number of nitrogens with zero attached hydrogens (tertiary/aromatic N) is 1. The summed E-state index contributed by atoms with van der Waals surface area (Å²) >= 11 is 5.92. The molecule has 0 amide bonds. The average Bonchev–Trinajstić information content (AvgIpc) is 2.20. The smallest absolute Gasteiger partial charge is 0.178 e. The Bertz CT molecular complexity index is 396. The molecule has 0 saturated carbocycles. The largest absolute Gasteiger partial charge is 0.492 e. The molecule has 1 rings (SSSR count). The molecule has 0 aliphatic rings. The summed E-state index contributed by atoms with van der Waals surface area (Å²) in [4.78, 5) is 0. The van der Waals surface area contributed by atoms with E-state index in [0.717, 1.165) is 5.56 Å². The lowest BCUT2D eigenvalue weighted by atomic mass is 10.1. The predicted octanol–water partition coefficient (Wildman–Crippen LogP) is 2.54. The van der Waals surface area contributed by atoms with Gasteiger partial charge < -0.3 is 9.47 Å². The van der Waals surface area contributed by atoms with Crippen LogP contribution in [0.5, 0.6) is 11.5 Å². The summed E-state index contributed by atoms with van der Waals surface area (Å²) in [5, 5.41) is 9.34. The zero-order chi connectivity index (χ0) is 10.7. The molecule has 0 bridgehead atoms. The molecule has 0 atom stereocenters. The van der Waals surface area contributed by atoms with Crippen molar-refractivity contribution in [2.45, 2.75) is 6.92 Å². The molecule has 1 aromatic carbocycles. The zero-order valence-corrected chi connectivity index (χ0v) is 8.97. The van der Waals surface area contributed by atoms with Crippen molar-refractivity contribution in [1.29, 1.82) is 5.26 Å². The van der Waals surface area contributed by atoms with Gasteiger partial charge in [0, 0.05) is 10.6 Å². The van der Waals surface area contributed by atoms with Crippen molar-refractivity contribution in [3.63, 3.8) is 0 Å². The van der Waals surface area contributed by atoms with E-state index in [1.807, 2.05) is 13.0 Å². The van der Waals surface area contributed by atoms with E-state index >= 15 is 0 Å². The Kier molecular flexibility index (Phi) is 3.21. The van der Waals surface area contributed by atoms with Gasteiger partial charge in [-0.15, -0.1) is 0 Å². The summed E-state index contributed by atoms with van der Waals surface area (Å²) < 4.78 is 10.2. The van der Waals surface area contributed by atoms with E-state index in [1.165, 1.54) is 14.2 Å². The van der Waals surface area contributed by atoms with E-state index in [4.69, 9.17) is 26.3 Å². The first-order chi connectivity index (χ1) is 6.65. The highest BCUT2D eigenvalue weighted by atomic mass is 35.5. The Labute approximate surface area is 87.8 Å². The van der Waals surface area contributed by atoms with Crippen LogP contribution >= 0.6 is 11.6 Å². The molecule has 3 nitrogen and oxygen atoms in total. The van der Waals surface area contributed by atoms with Crippen molar-refractivity contribution in [3.8, 4) is 17.6 Å². The standard InChI is InChI=1S/C10H10ClNO2/c1-6-8(11)4-7(5-12)10(14-3)9(6)13-2/h4H,1-3H3. The lowest BCUT2D eigenvalue weighted by Crippen LogP contribution is -1.96. The first-order valence-corrected chi connectivity index (χ1v) is 4.34. The molecule has 4 heteroatoms. The van der Waals surface area contributed by atoms with Crippen LogP contribution in [-0.2, 0) is 0 Å². The van der Waals surface area contributed by atoms with Crippen molar-refractivity contribution in [2.75, 3.05) is 14.2 Å². The molecule has 0 heterocycles. The summed E-state index contributed by atoms with van der Waals surface area (Å²) in [7, 11) is 3.01. The van der Waals surface area contributed by atoms with Crippen LogP contribution in [0.4, 0.5) is 0 Å². The van der Waals surface area contributed by atoms with Crippen molar-refractivity contribution in [3.05, 3.63) is 22.2 Å². The van der Waals surface area contributed by atoms with Gasteiger partial charge in [0.05, 0.1) is 19.8 Å². The Morgan fingerprint density at radius 1 is 1.29 bits per heavy atom. The van der Waals surface area contributed by atoms with Crippen LogP contribution in [0.25, 0.3) is 0 Å². The molecule has 0 N–H and O–H groups in total. The second-order valence-corrected chi connectivity index (χ2v) is 3.12. The fourth-order valence-corrected chi connectivity index (χ4v) is 1.43. The number of benzene rings is 1. The summed E-state index contributed by atoms with van der Waals surface area (Å²) in [6, 6.07) is 3.57. The number of ether oxygens (including phenoxy) is 2. The van der Waals surface area contributed by atoms with Gasteiger partial charge in [0.1, 0.15) is 6.07 Å². The second-order valence-electron chi connectivity index (χ2n) is 2.71. The molecule has 1 aromatic rings. The monoisotopic (exact) mass is 211 g/mol. The number of nitriles is 1. The number of hydrogen-bond acceptors (Lipinski definition) is 3. The predicted molar refractivity (Wildman–Crippen MR) is 54.0 cm³/mol. The SMILES string of the molecule is COc1c(C#N)cc(Cl)c(C)c1OC. The maximum absolute atomic E-state index is 8.84. The third kappa shape index (κ3) is 1.61. The highest BCUT2D eigenvalue weighted by Crippen LogP contribution is 2.38. The van der Waals surface area contributed by atoms with Crippen LogP contribution in [0, 0.1) is 18.3 Å². The van der Waals surface area contributed by atoms with Crippen molar-refractivity contribution in [2.24, 2.45) is 0 Å². The third-order valence-electron chi connectivity index (χ3n) is 1.95. The molecule has 0 saturated heterocycles. The molecular weight excluding hydrogens is 202 g/mol. The number of hydrogen-bond donors (Lipinski definition) is 0. The Balaban J connectivity index is 3.52. The topological polar surface area (TPSA) is 42.2 Å². The van der Waals surface area contributed by atoms with Crippen molar-refractivity contribution in [1.82, 2.24) is 0 Å². The Morgan fingerprint density at radius 3 is 2.29 bits per heavy atom. The minimum atomic E-state index is 0.375. The molecule has 0 spiro atoms. The Morgan fingerprint density at radius 2 is 1.86 bits per heavy atom. The van der Waals surface area contributed by atoms with Gasteiger partial charge in [-0.1, -0.05) is 11.6 Å². The summed E-state index contributed by atoms with van der Waals surface area (Å²) in [6.07, 6.45) is 0. The van der Waals surface area contributed by atoms with Gasteiger partial charge in [-0.2, -0.15) is 5.26 Å². The highest BCUT2D eigenvalue weighted by molar-refractivity contribution is 6.31. The maximum atomic E-state index is 8.84. The summed E-state index contributed by atoms with van der Waals surface area (Å²) in [5.41, 5.74) is 1.14. The van der Waals surface area contributed by atoms with Gasteiger partial charge in [0.2, 0.25) is 0 Å². The van der Waals surface area contributed by atoms with Gasteiger partial charge in [-0.25, -0.2) is 0 Å². The van der Waals surface area contributed by atoms with E-state index in [-0.39, 0.29) is 0 Å². The molecule has 0 unspecified atom stereocenters. The fraction of sp³-hybridized carbons (Fsp3) is 0.300. The minimum Gasteiger partial charge on any atom is -0.492 e. The van der Waals surface area contributed by atoms with Crippen LogP contribution in [-0.4, -0.2) is 14.2 Å². The summed E-state index contributed by atoms with van der Waals surface area (Å²) in [5.74, 6) is 0.938. The van der Waals surface area contributed by atoms with E-state index < -0.39 is 0 Å². The first kappa shape index (κ1) is 10.7. The number of halogens is 1. The molecule has 0 fully saturated rings. The van der Waals surface area contributed by atoms with Gasteiger partial charge in [-0.3, -0.25) is 0 Å². The summed E-state index contributed by atoms with van der Waals surface area (Å²) in [6.45, 7) is 1.81. The van der Waals surface area contributed by atoms with Crippen LogP contribution in [0.15, 0.2) is 6.07 Å². The average molecular weight is 212 g/mol. The van der Waals surface area contributed by atoms with Crippen LogP contribution in [0.3, 0.4) is 0 Å². The van der Waals surface area contributed by atoms with Gasteiger partial charge in [0.15, 0.2) is 11.5 Å². The molecule has 0 aliphatic heterocycles. The van der Waals surface area contributed by atoms with Gasteiger partial charge in [-0.05, 0) is 13.0 Å². The third-order valence-corrected chi connectivity index (χ3v) is 2.34. The maximum Gasteiger partial charge on any atom is 0.178 e. The van der Waals surface area contributed by atoms with E-state index in [1.54, 1.807) is 6.07 Å². The second kappa shape index (κ2) is 4.21. The van der Waals surface area contributed by atoms with E-state index in [9.17, 15) is 0 Å². The van der Waals surface area contributed by atoms with Crippen LogP contribution < -0.4 is 9.47 Å². The normalized spacial score (nSPS) is 9.36. The number of methoxy groups -OCH3 is 2. The molecule has 14 heavy (non-hydrogen) atoms. The number of rotatable bonds is 2. The van der Waals surface area contributed by atoms with Crippen LogP contribution in [0.2, 0.25) is 5.02 Å². The minimum absolute atomic E-state index is 0.375. The van der Waals surface area contributed by atoms with Crippen molar-refractivity contribution < 1.29 is 9.47 Å². The quantitative estimate of drug-likeness (QED) is 0.755. The molecular formula is C10H10ClNO2. The molecule has 74 valence electrons. The van der Waals surface area contributed by atoms with E-state index in [2.05, 4.69) is 0 Å². The molecule has 0 aliphatic carbocycles. The van der Waals surface area contributed by atoms with Crippen LogP contribution in [0.1, 0.15) is 11.1 Å². The molecule has 0 aromatic heterocycles. The highest BCUT2D eigenvalue weighted by Gasteiger charge is 2.15. The Hall–Kier alpha value is -1.40. The lowest BCUT2D eigenvalue weighted by Gasteiger charge is -2.12. The van der Waals surface area contributed by atoms with Gasteiger partial charge in [0.25, 0.3) is 0 Å². The van der Waals surface area contributed by atoms with Gasteiger partial charge >= 0.3 is 0 Å².